The summed E-state index contributed by atoms with van der Waals surface area (Å²) in [6.45, 7) is 0. The number of ether oxygens (including phenoxy) is 1. The van der Waals surface area contributed by atoms with Crippen molar-refractivity contribution in [2.24, 2.45) is 0 Å². The molecule has 0 saturated heterocycles. The minimum atomic E-state index is 0.629. The highest BCUT2D eigenvalue weighted by molar-refractivity contribution is 14.1. The molecule has 0 N–H and O–H groups in total. The molecule has 0 fully saturated rings. The smallest absolute Gasteiger partial charge is 0.130 e. The van der Waals surface area contributed by atoms with Crippen molar-refractivity contribution in [1.82, 2.24) is 0 Å². The summed E-state index contributed by atoms with van der Waals surface area (Å²) in [5.41, 5.74) is 1.72. The summed E-state index contributed by atoms with van der Waals surface area (Å²) < 4.78 is 6.93. The molecule has 0 aliphatic heterocycles. The normalized spacial score (nSPS) is 9.79. The number of anilines is 1. The third-order valence-electron chi connectivity index (χ3n) is 2.59. The Kier molecular flexibility index (Phi) is 4.27. The molecular formula is C15H13IN2O. The van der Waals surface area contributed by atoms with Gasteiger partial charge in [-0.15, -0.1) is 0 Å². The maximum Gasteiger partial charge on any atom is 0.130 e. The van der Waals surface area contributed by atoms with Gasteiger partial charge in [0.1, 0.15) is 11.5 Å². The Morgan fingerprint density at radius 2 is 1.74 bits per heavy atom. The minimum absolute atomic E-state index is 0.629. The second kappa shape index (κ2) is 5.93. The highest BCUT2D eigenvalue weighted by Gasteiger charge is 2.03. The van der Waals surface area contributed by atoms with E-state index in [1.54, 1.807) is 24.3 Å². The van der Waals surface area contributed by atoms with Gasteiger partial charge < -0.3 is 9.64 Å². The SMILES string of the molecule is CN(C)c1cc(I)cc(Oc2ccc(C#N)cc2)c1. The first kappa shape index (κ1) is 13.7. The number of nitrogens with zero attached hydrogens (tertiary/aromatic N) is 2. The maximum absolute atomic E-state index is 8.75. The fourth-order valence-corrected chi connectivity index (χ4v) is 2.22. The molecule has 4 heteroatoms. The molecule has 0 bridgehead atoms. The zero-order valence-corrected chi connectivity index (χ0v) is 12.9. The average molecular weight is 364 g/mol. The summed E-state index contributed by atoms with van der Waals surface area (Å²) in [5, 5.41) is 8.75. The van der Waals surface area contributed by atoms with Crippen molar-refractivity contribution < 1.29 is 4.74 Å². The van der Waals surface area contributed by atoms with Gasteiger partial charge in [0.15, 0.2) is 0 Å². The van der Waals surface area contributed by atoms with Gasteiger partial charge in [0.05, 0.1) is 11.6 Å². The van der Waals surface area contributed by atoms with Crippen LogP contribution in [0.3, 0.4) is 0 Å². The Hall–Kier alpha value is -1.74. The van der Waals surface area contributed by atoms with E-state index in [0.717, 1.165) is 20.8 Å². The largest absolute Gasteiger partial charge is 0.457 e. The highest BCUT2D eigenvalue weighted by Crippen LogP contribution is 2.28. The lowest BCUT2D eigenvalue weighted by molar-refractivity contribution is 0.482. The predicted molar refractivity (Wildman–Crippen MR) is 84.7 cm³/mol. The number of hydrogen-bond acceptors (Lipinski definition) is 3. The van der Waals surface area contributed by atoms with Gasteiger partial charge in [0.25, 0.3) is 0 Å². The molecule has 0 saturated carbocycles. The van der Waals surface area contributed by atoms with E-state index < -0.39 is 0 Å². The first-order valence-corrected chi connectivity index (χ1v) is 6.82. The lowest BCUT2D eigenvalue weighted by Crippen LogP contribution is -2.08. The van der Waals surface area contributed by atoms with Gasteiger partial charge in [-0.25, -0.2) is 0 Å². The lowest BCUT2D eigenvalue weighted by atomic mass is 10.2. The molecule has 0 atom stereocenters. The highest BCUT2D eigenvalue weighted by atomic mass is 127. The number of rotatable bonds is 3. The van der Waals surface area contributed by atoms with Crippen LogP contribution in [0, 0.1) is 14.9 Å². The van der Waals surface area contributed by atoms with Crippen LogP contribution in [0.25, 0.3) is 0 Å². The zero-order chi connectivity index (χ0) is 13.8. The van der Waals surface area contributed by atoms with Gasteiger partial charge >= 0.3 is 0 Å². The molecule has 0 aliphatic rings. The van der Waals surface area contributed by atoms with E-state index in [9.17, 15) is 0 Å². The summed E-state index contributed by atoms with van der Waals surface area (Å²) in [5.74, 6) is 1.52. The van der Waals surface area contributed by atoms with Crippen LogP contribution in [0.4, 0.5) is 5.69 Å². The lowest BCUT2D eigenvalue weighted by Gasteiger charge is -2.15. The molecule has 0 heterocycles. The van der Waals surface area contributed by atoms with E-state index in [4.69, 9.17) is 10.00 Å². The summed E-state index contributed by atoms with van der Waals surface area (Å²) in [4.78, 5) is 2.04. The molecule has 96 valence electrons. The van der Waals surface area contributed by atoms with Gasteiger partial charge in [0, 0.05) is 29.4 Å². The molecule has 2 aromatic carbocycles. The third kappa shape index (κ3) is 3.61. The Labute approximate surface area is 126 Å². The summed E-state index contributed by atoms with van der Waals surface area (Å²) in [6, 6.07) is 15.2. The predicted octanol–water partition coefficient (Wildman–Crippen LogP) is 4.02. The first-order chi connectivity index (χ1) is 9.08. The Morgan fingerprint density at radius 1 is 1.05 bits per heavy atom. The van der Waals surface area contributed by atoms with E-state index in [0.29, 0.717) is 5.56 Å². The number of benzene rings is 2. The monoisotopic (exact) mass is 364 g/mol. The molecular weight excluding hydrogens is 351 g/mol. The second-order valence-corrected chi connectivity index (χ2v) is 5.52. The van der Waals surface area contributed by atoms with Gasteiger partial charge in [-0.2, -0.15) is 5.26 Å². The molecule has 0 spiro atoms. The molecule has 2 aromatic rings. The summed E-state index contributed by atoms with van der Waals surface area (Å²) in [7, 11) is 3.99. The van der Waals surface area contributed by atoms with Crippen LogP contribution in [0.5, 0.6) is 11.5 Å². The van der Waals surface area contributed by atoms with Crippen molar-refractivity contribution in [2.45, 2.75) is 0 Å². The molecule has 19 heavy (non-hydrogen) atoms. The van der Waals surface area contributed by atoms with E-state index in [1.807, 2.05) is 31.1 Å². The molecule has 0 aliphatic carbocycles. The van der Waals surface area contributed by atoms with Crippen LogP contribution < -0.4 is 9.64 Å². The van der Waals surface area contributed by atoms with Crippen LogP contribution in [0.15, 0.2) is 42.5 Å². The second-order valence-electron chi connectivity index (χ2n) is 4.28. The maximum atomic E-state index is 8.75. The van der Waals surface area contributed by atoms with Crippen molar-refractivity contribution >= 4 is 28.3 Å². The van der Waals surface area contributed by atoms with Crippen LogP contribution in [-0.2, 0) is 0 Å². The van der Waals surface area contributed by atoms with E-state index >= 15 is 0 Å². The number of nitriles is 1. The summed E-state index contributed by atoms with van der Waals surface area (Å²) >= 11 is 2.27. The van der Waals surface area contributed by atoms with Crippen LogP contribution >= 0.6 is 22.6 Å². The van der Waals surface area contributed by atoms with Crippen molar-refractivity contribution in [1.29, 1.82) is 5.26 Å². The molecule has 2 rings (SSSR count). The number of halogens is 1. The van der Waals surface area contributed by atoms with Gasteiger partial charge in [-0.05, 0) is 59.0 Å². The van der Waals surface area contributed by atoms with Crippen LogP contribution in [-0.4, -0.2) is 14.1 Å². The third-order valence-corrected chi connectivity index (χ3v) is 3.21. The topological polar surface area (TPSA) is 36.3 Å². The van der Waals surface area contributed by atoms with Gasteiger partial charge in [0.2, 0.25) is 0 Å². The fraction of sp³-hybridized carbons (Fsp3) is 0.133. The fourth-order valence-electron chi connectivity index (χ4n) is 1.60. The molecule has 3 nitrogen and oxygen atoms in total. The van der Waals surface area contributed by atoms with E-state index in [1.165, 1.54) is 0 Å². The van der Waals surface area contributed by atoms with Crippen molar-refractivity contribution in [3.05, 3.63) is 51.6 Å². The van der Waals surface area contributed by atoms with Gasteiger partial charge in [-0.3, -0.25) is 0 Å². The molecule has 0 radical (unpaired) electrons. The Morgan fingerprint density at radius 3 is 2.32 bits per heavy atom. The standard InChI is InChI=1S/C15H13IN2O/c1-18(2)13-7-12(16)8-15(9-13)19-14-5-3-11(10-17)4-6-14/h3-9H,1-2H3. The van der Waals surface area contributed by atoms with Crippen molar-refractivity contribution in [2.75, 3.05) is 19.0 Å². The average Bonchev–Trinajstić information content (AvgIpc) is 2.39. The molecule has 0 aromatic heterocycles. The van der Waals surface area contributed by atoms with Crippen LogP contribution in [0.1, 0.15) is 5.56 Å². The molecule has 0 unspecified atom stereocenters. The first-order valence-electron chi connectivity index (χ1n) is 5.74. The Balaban J connectivity index is 2.25. The minimum Gasteiger partial charge on any atom is -0.457 e. The van der Waals surface area contributed by atoms with Crippen LogP contribution in [0.2, 0.25) is 0 Å². The summed E-state index contributed by atoms with van der Waals surface area (Å²) in [6.07, 6.45) is 0. The Bertz CT molecular complexity index is 615. The van der Waals surface area contributed by atoms with E-state index in [2.05, 4.69) is 34.7 Å². The molecule has 0 amide bonds. The van der Waals surface area contributed by atoms with Crippen molar-refractivity contribution in [3.8, 4) is 17.6 Å². The number of hydrogen-bond donors (Lipinski definition) is 0. The van der Waals surface area contributed by atoms with E-state index in [-0.39, 0.29) is 0 Å². The van der Waals surface area contributed by atoms with Crippen molar-refractivity contribution in [3.63, 3.8) is 0 Å². The quantitative estimate of drug-likeness (QED) is 0.772. The van der Waals surface area contributed by atoms with Gasteiger partial charge in [-0.1, -0.05) is 0 Å². The zero-order valence-electron chi connectivity index (χ0n) is 10.7.